The number of hydrogen-bond donors (Lipinski definition) is 1. The van der Waals surface area contributed by atoms with Gasteiger partial charge >= 0.3 is 0 Å². The number of thiophene rings is 1. The van der Waals surface area contributed by atoms with E-state index in [1.54, 1.807) is 11.3 Å². The van der Waals surface area contributed by atoms with Crippen LogP contribution in [0.15, 0.2) is 39.5 Å². The van der Waals surface area contributed by atoms with Gasteiger partial charge in [-0.2, -0.15) is 11.3 Å². The van der Waals surface area contributed by atoms with Crippen molar-refractivity contribution in [3.8, 4) is 0 Å². The lowest BCUT2D eigenvalue weighted by Gasteiger charge is -2.06. The molecule has 0 unspecified atom stereocenters. The van der Waals surface area contributed by atoms with Crippen LogP contribution >= 0.6 is 38.9 Å². The van der Waals surface area contributed by atoms with Gasteiger partial charge < -0.3 is 5.32 Å². The molecule has 0 spiro atoms. The van der Waals surface area contributed by atoms with Crippen LogP contribution in [0.1, 0.15) is 5.56 Å². The molecule has 84 valence electrons. The summed E-state index contributed by atoms with van der Waals surface area (Å²) in [5.74, 6) is 0. The molecular weight excluding hydrogens is 306 g/mol. The molecule has 1 nitrogen and oxygen atoms in total. The van der Waals surface area contributed by atoms with Gasteiger partial charge in [0, 0.05) is 16.7 Å². The van der Waals surface area contributed by atoms with Crippen LogP contribution < -0.4 is 5.32 Å². The molecule has 1 heterocycles. The van der Waals surface area contributed by atoms with Gasteiger partial charge in [-0.3, -0.25) is 0 Å². The second kappa shape index (κ2) is 5.71. The van der Waals surface area contributed by atoms with Gasteiger partial charge in [0.25, 0.3) is 0 Å². The molecule has 0 saturated carbocycles. The normalized spacial score (nSPS) is 10.4. The van der Waals surface area contributed by atoms with Crippen LogP contribution in [0.5, 0.6) is 0 Å². The first-order valence-electron chi connectivity index (χ1n) is 4.96. The number of hydrogen-bond acceptors (Lipinski definition) is 2. The summed E-state index contributed by atoms with van der Waals surface area (Å²) >= 11 is 11.1. The average Bonchev–Trinajstić information content (AvgIpc) is 2.76. The highest BCUT2D eigenvalue weighted by molar-refractivity contribution is 9.10. The minimum atomic E-state index is 0.737. The highest BCUT2D eigenvalue weighted by Gasteiger charge is 1.98. The molecule has 1 aromatic heterocycles. The summed E-state index contributed by atoms with van der Waals surface area (Å²) in [5, 5.41) is 8.37. The SMILES string of the molecule is Clc1cc(NCCc2ccsc2)ccc1Br. The Balaban J connectivity index is 1.87. The van der Waals surface area contributed by atoms with E-state index in [4.69, 9.17) is 11.6 Å². The van der Waals surface area contributed by atoms with E-state index in [1.165, 1.54) is 5.56 Å². The zero-order chi connectivity index (χ0) is 11.4. The van der Waals surface area contributed by atoms with E-state index in [1.807, 2.05) is 18.2 Å². The summed E-state index contributed by atoms with van der Waals surface area (Å²) < 4.78 is 0.928. The smallest absolute Gasteiger partial charge is 0.0568 e. The second-order valence-electron chi connectivity index (χ2n) is 3.44. The lowest BCUT2D eigenvalue weighted by Crippen LogP contribution is -2.03. The average molecular weight is 317 g/mol. The Bertz CT molecular complexity index is 456. The Morgan fingerprint density at radius 3 is 2.88 bits per heavy atom. The number of rotatable bonds is 4. The van der Waals surface area contributed by atoms with Crippen molar-refractivity contribution in [3.63, 3.8) is 0 Å². The van der Waals surface area contributed by atoms with Crippen LogP contribution in [0.4, 0.5) is 5.69 Å². The van der Waals surface area contributed by atoms with Gasteiger partial charge in [0.05, 0.1) is 5.02 Å². The molecule has 2 rings (SSSR count). The molecule has 4 heteroatoms. The molecule has 0 fully saturated rings. The molecule has 0 amide bonds. The van der Waals surface area contributed by atoms with Gasteiger partial charge in [-0.15, -0.1) is 0 Å². The van der Waals surface area contributed by atoms with E-state index in [2.05, 4.69) is 38.1 Å². The first kappa shape index (κ1) is 12.0. The van der Waals surface area contributed by atoms with Crippen molar-refractivity contribution in [3.05, 3.63) is 50.1 Å². The zero-order valence-corrected chi connectivity index (χ0v) is 11.7. The Morgan fingerprint density at radius 1 is 1.31 bits per heavy atom. The van der Waals surface area contributed by atoms with Gasteiger partial charge in [-0.05, 0) is 62.9 Å². The maximum atomic E-state index is 6.01. The van der Waals surface area contributed by atoms with Gasteiger partial charge in [0.1, 0.15) is 0 Å². The lowest BCUT2D eigenvalue weighted by molar-refractivity contribution is 1.03. The Morgan fingerprint density at radius 2 is 2.19 bits per heavy atom. The van der Waals surface area contributed by atoms with Crippen molar-refractivity contribution in [1.82, 2.24) is 0 Å². The largest absolute Gasteiger partial charge is 0.385 e. The molecule has 0 atom stereocenters. The third-order valence-corrected chi connectivity index (χ3v) is 4.21. The monoisotopic (exact) mass is 315 g/mol. The maximum absolute atomic E-state index is 6.01. The fourth-order valence-corrected chi connectivity index (χ4v) is 2.52. The second-order valence-corrected chi connectivity index (χ2v) is 5.48. The van der Waals surface area contributed by atoms with Crippen molar-refractivity contribution >= 4 is 44.6 Å². The molecule has 0 radical (unpaired) electrons. The van der Waals surface area contributed by atoms with E-state index in [9.17, 15) is 0 Å². The predicted octanol–water partition coefficient (Wildman–Crippen LogP) is 4.82. The van der Waals surface area contributed by atoms with Crippen LogP contribution in [-0.2, 0) is 6.42 Å². The topological polar surface area (TPSA) is 12.0 Å². The van der Waals surface area contributed by atoms with Crippen molar-refractivity contribution in [2.45, 2.75) is 6.42 Å². The molecule has 1 N–H and O–H groups in total. The minimum Gasteiger partial charge on any atom is -0.385 e. The van der Waals surface area contributed by atoms with Gasteiger partial charge in [0.2, 0.25) is 0 Å². The van der Waals surface area contributed by atoms with Gasteiger partial charge in [-0.25, -0.2) is 0 Å². The van der Waals surface area contributed by atoms with Crippen LogP contribution in [0.3, 0.4) is 0 Å². The Kier molecular flexibility index (Phi) is 4.27. The third-order valence-electron chi connectivity index (χ3n) is 2.24. The fourth-order valence-electron chi connectivity index (χ4n) is 1.39. The Hall–Kier alpha value is -0.510. The summed E-state index contributed by atoms with van der Waals surface area (Å²) in [6, 6.07) is 8.05. The molecule has 16 heavy (non-hydrogen) atoms. The standard InChI is InChI=1S/C12H11BrClNS/c13-11-2-1-10(7-12(11)14)15-5-3-9-4-6-16-8-9/h1-2,4,6-8,15H,3,5H2. The molecular formula is C12H11BrClNS. The summed E-state index contributed by atoms with van der Waals surface area (Å²) in [6.07, 6.45) is 1.04. The number of anilines is 1. The molecule has 2 aromatic rings. The van der Waals surface area contributed by atoms with E-state index < -0.39 is 0 Å². The summed E-state index contributed by atoms with van der Waals surface area (Å²) in [7, 11) is 0. The van der Waals surface area contributed by atoms with Crippen molar-refractivity contribution in [2.24, 2.45) is 0 Å². The fraction of sp³-hybridized carbons (Fsp3) is 0.167. The van der Waals surface area contributed by atoms with Crippen LogP contribution in [0.25, 0.3) is 0 Å². The van der Waals surface area contributed by atoms with Crippen LogP contribution in [0, 0.1) is 0 Å². The van der Waals surface area contributed by atoms with E-state index in [0.717, 1.165) is 28.1 Å². The predicted molar refractivity (Wildman–Crippen MR) is 75.7 cm³/mol. The van der Waals surface area contributed by atoms with Crippen molar-refractivity contribution in [1.29, 1.82) is 0 Å². The van der Waals surface area contributed by atoms with Crippen LogP contribution in [0.2, 0.25) is 5.02 Å². The molecule has 0 aliphatic rings. The zero-order valence-electron chi connectivity index (χ0n) is 8.54. The first-order valence-corrected chi connectivity index (χ1v) is 7.07. The maximum Gasteiger partial charge on any atom is 0.0568 e. The summed E-state index contributed by atoms with van der Waals surface area (Å²) in [6.45, 7) is 0.925. The van der Waals surface area contributed by atoms with E-state index in [0.29, 0.717) is 0 Å². The van der Waals surface area contributed by atoms with E-state index >= 15 is 0 Å². The first-order chi connectivity index (χ1) is 7.75. The molecule has 0 aliphatic heterocycles. The van der Waals surface area contributed by atoms with Gasteiger partial charge in [-0.1, -0.05) is 11.6 Å². The van der Waals surface area contributed by atoms with Gasteiger partial charge in [0.15, 0.2) is 0 Å². The summed E-state index contributed by atoms with van der Waals surface area (Å²) in [5.41, 5.74) is 2.43. The number of nitrogens with one attached hydrogen (secondary N) is 1. The van der Waals surface area contributed by atoms with E-state index in [-0.39, 0.29) is 0 Å². The number of benzene rings is 1. The third kappa shape index (κ3) is 3.24. The molecule has 0 bridgehead atoms. The minimum absolute atomic E-state index is 0.737. The quantitative estimate of drug-likeness (QED) is 0.853. The molecule has 0 aliphatic carbocycles. The van der Waals surface area contributed by atoms with Crippen molar-refractivity contribution in [2.75, 3.05) is 11.9 Å². The van der Waals surface area contributed by atoms with Crippen molar-refractivity contribution < 1.29 is 0 Å². The van der Waals surface area contributed by atoms with Crippen LogP contribution in [-0.4, -0.2) is 6.54 Å². The number of halogens is 2. The highest BCUT2D eigenvalue weighted by atomic mass is 79.9. The summed E-state index contributed by atoms with van der Waals surface area (Å²) in [4.78, 5) is 0. The lowest BCUT2D eigenvalue weighted by atomic mass is 10.2. The molecule has 1 aromatic carbocycles. The highest BCUT2D eigenvalue weighted by Crippen LogP contribution is 2.25. The Labute approximate surface area is 113 Å². The molecule has 0 saturated heterocycles.